The molecule has 1 rings (SSSR count). The van der Waals surface area contributed by atoms with Gasteiger partial charge in [-0.1, -0.05) is 0 Å². The van der Waals surface area contributed by atoms with Crippen molar-refractivity contribution in [2.45, 2.75) is 13.0 Å². The number of aliphatic imine (C=N–C) groups is 1. The lowest BCUT2D eigenvalue weighted by Crippen LogP contribution is -2.48. The molecule has 0 aromatic rings. The van der Waals surface area contributed by atoms with Crippen molar-refractivity contribution in [1.29, 1.82) is 5.26 Å². The van der Waals surface area contributed by atoms with Gasteiger partial charge in [-0.2, -0.15) is 5.26 Å². The van der Waals surface area contributed by atoms with Crippen molar-refractivity contribution in [3.05, 3.63) is 0 Å². The van der Waals surface area contributed by atoms with Crippen LogP contribution < -0.4 is 5.73 Å². The maximum atomic E-state index is 8.64. The molecule has 1 atom stereocenters. The number of ether oxygens (including phenoxy) is 1. The van der Waals surface area contributed by atoms with Crippen molar-refractivity contribution in [3.63, 3.8) is 0 Å². The molecule has 1 aliphatic rings. The van der Waals surface area contributed by atoms with Gasteiger partial charge in [-0.25, -0.2) is 0 Å². The lowest BCUT2D eigenvalue weighted by Gasteiger charge is -2.30. The number of rotatable bonds is 1. The van der Waals surface area contributed by atoms with E-state index in [-0.39, 0.29) is 6.10 Å². The van der Waals surface area contributed by atoms with E-state index in [0.717, 1.165) is 0 Å². The molecule has 0 aliphatic carbocycles. The molecule has 0 radical (unpaired) electrons. The van der Waals surface area contributed by atoms with Crippen LogP contribution in [-0.2, 0) is 4.74 Å². The lowest BCUT2D eigenvalue weighted by atomic mass is 10.3. The monoisotopic (exact) mass is 182 g/mol. The van der Waals surface area contributed by atoms with E-state index in [1.54, 1.807) is 0 Å². The number of morpholine rings is 1. The van der Waals surface area contributed by atoms with Gasteiger partial charge in [-0.15, -0.1) is 0 Å². The fourth-order valence-corrected chi connectivity index (χ4v) is 1.20. The Kier molecular flexibility index (Phi) is 3.53. The topological polar surface area (TPSA) is 74.6 Å². The Morgan fingerprint density at radius 1 is 1.85 bits per heavy atom. The van der Waals surface area contributed by atoms with E-state index < -0.39 is 0 Å². The Labute approximate surface area is 77.8 Å². The van der Waals surface area contributed by atoms with Crippen molar-refractivity contribution < 1.29 is 4.74 Å². The molecule has 1 heterocycles. The molecule has 5 heteroatoms. The van der Waals surface area contributed by atoms with Gasteiger partial charge in [0.05, 0.1) is 19.2 Å². The zero-order valence-electron chi connectivity index (χ0n) is 7.73. The molecule has 0 spiro atoms. The highest BCUT2D eigenvalue weighted by Gasteiger charge is 2.20. The van der Waals surface area contributed by atoms with Gasteiger partial charge in [0.15, 0.2) is 12.1 Å². The molecule has 1 aliphatic heterocycles. The van der Waals surface area contributed by atoms with Gasteiger partial charge in [0, 0.05) is 13.1 Å². The predicted molar refractivity (Wildman–Crippen MR) is 49.1 cm³/mol. The number of hydrogen-bond acceptors (Lipinski definition) is 3. The summed E-state index contributed by atoms with van der Waals surface area (Å²) in [4.78, 5) is 5.95. The van der Waals surface area contributed by atoms with Crippen molar-refractivity contribution in [1.82, 2.24) is 4.90 Å². The quantitative estimate of drug-likeness (QED) is 0.440. The average molecular weight is 182 g/mol. The van der Waals surface area contributed by atoms with E-state index in [1.165, 1.54) is 0 Å². The Balaban J connectivity index is 2.52. The summed E-state index contributed by atoms with van der Waals surface area (Å²) in [6.07, 6.45) is -0.376. The second-order valence-electron chi connectivity index (χ2n) is 2.77. The largest absolute Gasteiger partial charge is 0.370 e. The van der Waals surface area contributed by atoms with E-state index >= 15 is 0 Å². The molecule has 0 aromatic heterocycles. The summed E-state index contributed by atoms with van der Waals surface area (Å²) in [6, 6.07) is 2.06. The molecule has 0 saturated carbocycles. The third-order valence-electron chi connectivity index (χ3n) is 1.85. The van der Waals surface area contributed by atoms with Gasteiger partial charge >= 0.3 is 0 Å². The maximum Gasteiger partial charge on any atom is 0.191 e. The molecule has 1 saturated heterocycles. The standard InChI is InChI=1S/C8H14N4O/c1-2-11-8(10)12-3-4-13-7(5-9)6-12/h7H,2-4,6H2,1H3,(H2,10,11). The van der Waals surface area contributed by atoms with Crippen molar-refractivity contribution >= 4 is 5.96 Å². The molecule has 1 fully saturated rings. The van der Waals surface area contributed by atoms with Crippen LogP contribution >= 0.6 is 0 Å². The summed E-state index contributed by atoms with van der Waals surface area (Å²) in [6.45, 7) is 4.37. The van der Waals surface area contributed by atoms with Crippen LogP contribution in [0.1, 0.15) is 6.92 Å². The predicted octanol–water partition coefficient (Wildman–Crippen LogP) is -0.455. The Hall–Kier alpha value is -1.28. The van der Waals surface area contributed by atoms with Gasteiger partial charge in [-0.05, 0) is 6.92 Å². The van der Waals surface area contributed by atoms with Gasteiger partial charge < -0.3 is 15.4 Å². The molecular formula is C8H14N4O. The summed E-state index contributed by atoms with van der Waals surface area (Å²) in [5, 5.41) is 8.64. The summed E-state index contributed by atoms with van der Waals surface area (Å²) in [7, 11) is 0. The Morgan fingerprint density at radius 3 is 3.23 bits per heavy atom. The highest BCUT2D eigenvalue weighted by Crippen LogP contribution is 2.03. The molecular weight excluding hydrogens is 168 g/mol. The summed E-state index contributed by atoms with van der Waals surface area (Å²) >= 11 is 0. The number of nitriles is 1. The molecule has 5 nitrogen and oxygen atoms in total. The van der Waals surface area contributed by atoms with Crippen LogP contribution in [0.4, 0.5) is 0 Å². The lowest BCUT2D eigenvalue weighted by molar-refractivity contribution is 0.0260. The van der Waals surface area contributed by atoms with Crippen LogP contribution in [0.25, 0.3) is 0 Å². The fourth-order valence-electron chi connectivity index (χ4n) is 1.20. The molecule has 13 heavy (non-hydrogen) atoms. The third-order valence-corrected chi connectivity index (χ3v) is 1.85. The normalized spacial score (nSPS) is 24.2. The SMILES string of the molecule is CCN=C(N)N1CCOC(C#N)C1. The molecule has 0 amide bonds. The first kappa shape index (κ1) is 9.81. The fraction of sp³-hybridized carbons (Fsp3) is 0.750. The van der Waals surface area contributed by atoms with Crippen LogP contribution in [0.3, 0.4) is 0 Å². The zero-order valence-corrected chi connectivity index (χ0v) is 7.73. The van der Waals surface area contributed by atoms with Crippen LogP contribution in [0.2, 0.25) is 0 Å². The number of nitrogens with zero attached hydrogens (tertiary/aromatic N) is 3. The first-order valence-electron chi connectivity index (χ1n) is 4.34. The second kappa shape index (κ2) is 4.67. The second-order valence-corrected chi connectivity index (χ2v) is 2.77. The van der Waals surface area contributed by atoms with Crippen LogP contribution in [0.5, 0.6) is 0 Å². The number of guanidine groups is 1. The Bertz CT molecular complexity index is 233. The van der Waals surface area contributed by atoms with Gasteiger partial charge in [0.25, 0.3) is 0 Å². The first-order chi connectivity index (χ1) is 6.27. The van der Waals surface area contributed by atoms with Gasteiger partial charge in [0.1, 0.15) is 0 Å². The third kappa shape index (κ3) is 2.60. The summed E-state index contributed by atoms with van der Waals surface area (Å²) < 4.78 is 5.17. The molecule has 72 valence electrons. The highest BCUT2D eigenvalue weighted by atomic mass is 16.5. The van der Waals surface area contributed by atoms with Gasteiger partial charge in [0.2, 0.25) is 0 Å². The van der Waals surface area contributed by atoms with E-state index in [0.29, 0.717) is 32.2 Å². The number of hydrogen-bond donors (Lipinski definition) is 1. The molecule has 1 unspecified atom stereocenters. The maximum absolute atomic E-state index is 8.64. The van der Waals surface area contributed by atoms with Crippen molar-refractivity contribution in [2.75, 3.05) is 26.2 Å². The zero-order chi connectivity index (χ0) is 9.68. The average Bonchev–Trinajstić information content (AvgIpc) is 2.18. The van der Waals surface area contributed by atoms with E-state index in [4.69, 9.17) is 15.7 Å². The molecule has 0 bridgehead atoms. The Morgan fingerprint density at radius 2 is 2.62 bits per heavy atom. The minimum Gasteiger partial charge on any atom is -0.370 e. The highest BCUT2D eigenvalue weighted by molar-refractivity contribution is 5.78. The van der Waals surface area contributed by atoms with Crippen molar-refractivity contribution in [2.24, 2.45) is 10.7 Å². The van der Waals surface area contributed by atoms with E-state index in [9.17, 15) is 0 Å². The van der Waals surface area contributed by atoms with E-state index in [1.807, 2.05) is 11.8 Å². The minimum absolute atomic E-state index is 0.376. The van der Waals surface area contributed by atoms with E-state index in [2.05, 4.69) is 11.1 Å². The molecule has 0 aromatic carbocycles. The smallest absolute Gasteiger partial charge is 0.191 e. The van der Waals surface area contributed by atoms with Gasteiger partial charge in [-0.3, -0.25) is 4.99 Å². The summed E-state index contributed by atoms with van der Waals surface area (Å²) in [5.41, 5.74) is 5.69. The molecule has 2 N–H and O–H groups in total. The van der Waals surface area contributed by atoms with Crippen LogP contribution in [0.15, 0.2) is 4.99 Å². The minimum atomic E-state index is -0.376. The number of nitrogens with two attached hydrogens (primary N) is 1. The summed E-state index contributed by atoms with van der Waals surface area (Å²) in [5.74, 6) is 0.506. The van der Waals surface area contributed by atoms with Crippen molar-refractivity contribution in [3.8, 4) is 6.07 Å². The van der Waals surface area contributed by atoms with Crippen LogP contribution in [-0.4, -0.2) is 43.2 Å². The first-order valence-corrected chi connectivity index (χ1v) is 4.34. The van der Waals surface area contributed by atoms with Crippen LogP contribution in [0, 0.1) is 11.3 Å².